The normalized spacial score (nSPS) is 22.2. The Labute approximate surface area is 126 Å². The number of hydrogen-bond donors (Lipinski definition) is 1. The van der Waals surface area contributed by atoms with E-state index in [9.17, 15) is 9.59 Å². The molecular formula is C15H14ClN3O2. The van der Waals surface area contributed by atoms with Gasteiger partial charge in [0, 0.05) is 30.6 Å². The van der Waals surface area contributed by atoms with Crippen LogP contribution >= 0.6 is 11.6 Å². The first kappa shape index (κ1) is 13.8. The molecule has 108 valence electrons. The molecule has 5 nitrogen and oxygen atoms in total. The molecule has 0 radical (unpaired) electrons. The van der Waals surface area contributed by atoms with Crippen LogP contribution in [0.4, 0.5) is 0 Å². The Kier molecular flexibility index (Phi) is 3.51. The van der Waals surface area contributed by atoms with E-state index >= 15 is 0 Å². The Morgan fingerprint density at radius 2 is 2.10 bits per heavy atom. The Morgan fingerprint density at radius 3 is 2.76 bits per heavy atom. The number of amides is 2. The zero-order valence-electron chi connectivity index (χ0n) is 11.4. The van der Waals surface area contributed by atoms with E-state index in [1.807, 2.05) is 24.4 Å². The smallest absolute Gasteiger partial charge is 0.234 e. The number of aromatic nitrogens is 2. The van der Waals surface area contributed by atoms with Gasteiger partial charge in [-0.3, -0.25) is 19.6 Å². The molecule has 21 heavy (non-hydrogen) atoms. The molecule has 1 N–H and O–H groups in total. The van der Waals surface area contributed by atoms with Crippen LogP contribution in [0.2, 0.25) is 5.02 Å². The van der Waals surface area contributed by atoms with E-state index in [-0.39, 0.29) is 24.2 Å². The number of rotatable bonds is 2. The predicted molar refractivity (Wildman–Crippen MR) is 77.9 cm³/mol. The van der Waals surface area contributed by atoms with Crippen molar-refractivity contribution in [3.63, 3.8) is 0 Å². The monoisotopic (exact) mass is 303 g/mol. The highest BCUT2D eigenvalue weighted by Crippen LogP contribution is 2.40. The van der Waals surface area contributed by atoms with Crippen molar-refractivity contribution in [3.05, 3.63) is 52.8 Å². The maximum Gasteiger partial charge on any atom is 0.234 e. The largest absolute Gasteiger partial charge is 0.296 e. The molecular weight excluding hydrogens is 290 g/mol. The standard InChI is InChI=1S/C15H14ClN3O2/c1-19-8-9(7-17-19)11-6-13(20)18-15(21)14(11)10-4-2-3-5-12(10)16/h2-5,7-8,11,14H,6H2,1H3,(H,18,20,21). The van der Waals surface area contributed by atoms with Crippen LogP contribution in [0.5, 0.6) is 0 Å². The van der Waals surface area contributed by atoms with Crippen molar-refractivity contribution in [3.8, 4) is 0 Å². The quantitative estimate of drug-likeness (QED) is 0.863. The number of aryl methyl sites for hydroxylation is 1. The van der Waals surface area contributed by atoms with Gasteiger partial charge >= 0.3 is 0 Å². The fourth-order valence-electron chi connectivity index (χ4n) is 2.79. The van der Waals surface area contributed by atoms with Crippen LogP contribution in [0, 0.1) is 0 Å². The first-order valence-corrected chi connectivity index (χ1v) is 7.00. The Morgan fingerprint density at radius 1 is 1.33 bits per heavy atom. The summed E-state index contributed by atoms with van der Waals surface area (Å²) in [6, 6.07) is 7.23. The summed E-state index contributed by atoms with van der Waals surface area (Å²) in [5, 5.41) is 7.06. The van der Waals surface area contributed by atoms with Crippen molar-refractivity contribution in [1.82, 2.24) is 15.1 Å². The van der Waals surface area contributed by atoms with E-state index in [1.165, 1.54) is 0 Å². The molecule has 2 heterocycles. The number of halogens is 1. The molecule has 0 saturated carbocycles. The van der Waals surface area contributed by atoms with Gasteiger partial charge in [-0.2, -0.15) is 5.10 Å². The van der Waals surface area contributed by atoms with Gasteiger partial charge in [-0.05, 0) is 17.2 Å². The van der Waals surface area contributed by atoms with Gasteiger partial charge in [0.25, 0.3) is 0 Å². The van der Waals surface area contributed by atoms with Crippen LogP contribution in [0.25, 0.3) is 0 Å². The highest BCUT2D eigenvalue weighted by Gasteiger charge is 2.39. The molecule has 2 unspecified atom stereocenters. The minimum atomic E-state index is -0.486. The second kappa shape index (κ2) is 5.33. The van der Waals surface area contributed by atoms with Crippen molar-refractivity contribution in [2.24, 2.45) is 7.05 Å². The van der Waals surface area contributed by atoms with E-state index in [1.54, 1.807) is 24.0 Å². The van der Waals surface area contributed by atoms with Gasteiger partial charge in [0.2, 0.25) is 11.8 Å². The van der Waals surface area contributed by atoms with Gasteiger partial charge < -0.3 is 0 Å². The van der Waals surface area contributed by atoms with Gasteiger partial charge in [-0.25, -0.2) is 0 Å². The number of carbonyl (C=O) groups is 2. The minimum absolute atomic E-state index is 0.243. The van der Waals surface area contributed by atoms with Crippen molar-refractivity contribution in [2.75, 3.05) is 0 Å². The molecule has 1 aromatic carbocycles. The SMILES string of the molecule is Cn1cc(C2CC(=O)NC(=O)C2c2ccccc2Cl)cn1. The maximum atomic E-state index is 12.3. The van der Waals surface area contributed by atoms with Crippen LogP contribution in [0.3, 0.4) is 0 Å². The number of nitrogens with one attached hydrogen (secondary N) is 1. The summed E-state index contributed by atoms with van der Waals surface area (Å²) < 4.78 is 1.66. The van der Waals surface area contributed by atoms with Crippen LogP contribution in [-0.2, 0) is 16.6 Å². The summed E-state index contributed by atoms with van der Waals surface area (Å²) in [5.41, 5.74) is 1.60. The first-order valence-electron chi connectivity index (χ1n) is 6.63. The highest BCUT2D eigenvalue weighted by molar-refractivity contribution is 6.31. The maximum absolute atomic E-state index is 12.3. The highest BCUT2D eigenvalue weighted by atomic mass is 35.5. The zero-order chi connectivity index (χ0) is 15.0. The first-order chi connectivity index (χ1) is 10.1. The lowest BCUT2D eigenvalue weighted by atomic mass is 9.77. The number of imide groups is 1. The predicted octanol–water partition coefficient (Wildman–Crippen LogP) is 1.99. The lowest BCUT2D eigenvalue weighted by Gasteiger charge is -2.30. The number of piperidine rings is 1. The average Bonchev–Trinajstić information content (AvgIpc) is 2.86. The molecule has 1 saturated heterocycles. The molecule has 1 aromatic heterocycles. The summed E-state index contributed by atoms with van der Waals surface area (Å²) in [5.74, 6) is -1.31. The topological polar surface area (TPSA) is 64.0 Å². The lowest BCUT2D eigenvalue weighted by molar-refractivity contribution is -0.135. The third-order valence-corrected chi connectivity index (χ3v) is 4.09. The number of benzene rings is 1. The summed E-state index contributed by atoms with van der Waals surface area (Å²) in [4.78, 5) is 24.1. The van der Waals surface area contributed by atoms with E-state index in [0.29, 0.717) is 5.02 Å². The fourth-order valence-corrected chi connectivity index (χ4v) is 3.05. The molecule has 2 aromatic rings. The summed E-state index contributed by atoms with van der Waals surface area (Å²) in [6.07, 6.45) is 3.77. The second-order valence-corrected chi connectivity index (χ2v) is 5.58. The minimum Gasteiger partial charge on any atom is -0.296 e. The van der Waals surface area contributed by atoms with E-state index in [0.717, 1.165) is 11.1 Å². The molecule has 1 aliphatic heterocycles. The van der Waals surface area contributed by atoms with Crippen molar-refractivity contribution in [1.29, 1.82) is 0 Å². The molecule has 0 spiro atoms. The summed E-state index contributed by atoms with van der Waals surface area (Å²) in [7, 11) is 1.80. The summed E-state index contributed by atoms with van der Waals surface area (Å²) in [6.45, 7) is 0. The Balaban J connectivity index is 2.07. The second-order valence-electron chi connectivity index (χ2n) is 5.17. The summed E-state index contributed by atoms with van der Waals surface area (Å²) >= 11 is 6.23. The molecule has 0 aliphatic carbocycles. The van der Waals surface area contributed by atoms with Crippen LogP contribution in [0.1, 0.15) is 29.4 Å². The van der Waals surface area contributed by atoms with Gasteiger partial charge in [0.1, 0.15) is 0 Å². The van der Waals surface area contributed by atoms with E-state index in [2.05, 4.69) is 10.4 Å². The molecule has 1 fully saturated rings. The van der Waals surface area contributed by atoms with Gasteiger partial charge in [0.05, 0.1) is 12.1 Å². The van der Waals surface area contributed by atoms with Crippen molar-refractivity contribution >= 4 is 23.4 Å². The number of carbonyl (C=O) groups excluding carboxylic acids is 2. The van der Waals surface area contributed by atoms with Crippen LogP contribution in [-0.4, -0.2) is 21.6 Å². The zero-order valence-corrected chi connectivity index (χ0v) is 12.2. The number of nitrogens with zero attached hydrogens (tertiary/aromatic N) is 2. The van der Waals surface area contributed by atoms with E-state index < -0.39 is 5.92 Å². The molecule has 2 atom stereocenters. The van der Waals surface area contributed by atoms with Crippen LogP contribution < -0.4 is 5.32 Å². The lowest BCUT2D eigenvalue weighted by Crippen LogP contribution is -2.43. The average molecular weight is 304 g/mol. The molecule has 6 heteroatoms. The molecule has 3 rings (SSSR count). The van der Waals surface area contributed by atoms with Crippen molar-refractivity contribution < 1.29 is 9.59 Å². The van der Waals surface area contributed by atoms with Gasteiger partial charge in [-0.1, -0.05) is 29.8 Å². The molecule has 1 aliphatic rings. The number of hydrogen-bond acceptors (Lipinski definition) is 3. The molecule has 2 amide bonds. The van der Waals surface area contributed by atoms with E-state index in [4.69, 9.17) is 11.6 Å². The Hall–Kier alpha value is -2.14. The van der Waals surface area contributed by atoms with Crippen molar-refractivity contribution in [2.45, 2.75) is 18.3 Å². The Bertz CT molecular complexity index is 710. The van der Waals surface area contributed by atoms with Gasteiger partial charge in [0.15, 0.2) is 0 Å². The van der Waals surface area contributed by atoms with Gasteiger partial charge in [-0.15, -0.1) is 0 Å². The van der Waals surface area contributed by atoms with Crippen LogP contribution in [0.15, 0.2) is 36.7 Å². The molecule has 0 bridgehead atoms. The third-order valence-electron chi connectivity index (χ3n) is 3.75. The third kappa shape index (κ3) is 2.56. The fraction of sp³-hybridized carbons (Fsp3) is 0.267.